The Labute approximate surface area is 214 Å². The number of amides is 1. The average molecular weight is 509 g/mol. The van der Waals surface area contributed by atoms with Crippen molar-refractivity contribution in [3.8, 4) is 16.9 Å². The Kier molecular flexibility index (Phi) is 15.5. The van der Waals surface area contributed by atoms with Gasteiger partial charge in [-0.1, -0.05) is 58.5 Å². The molecule has 0 saturated heterocycles. The van der Waals surface area contributed by atoms with Crippen LogP contribution in [0.25, 0.3) is 11.1 Å². The molecule has 0 saturated carbocycles. The van der Waals surface area contributed by atoms with Gasteiger partial charge in [0.15, 0.2) is 0 Å². The molecule has 2 aromatic carbocycles. The van der Waals surface area contributed by atoms with Crippen molar-refractivity contribution in [2.24, 2.45) is 5.16 Å². The molecule has 0 heterocycles. The Bertz CT molecular complexity index is 1030. The Balaban J connectivity index is 0. The monoisotopic (exact) mass is 508 g/mol. The quantitative estimate of drug-likeness (QED) is 0.175. The third-order valence-electron chi connectivity index (χ3n) is 4.26. The molecule has 0 fully saturated rings. The summed E-state index contributed by atoms with van der Waals surface area (Å²) in [6.45, 7) is 14.4. The number of alkyl carbamates (subject to hydrolysis) is 1. The van der Waals surface area contributed by atoms with E-state index in [0.29, 0.717) is 0 Å². The largest absolute Gasteiger partial charge is 0.507 e. The summed E-state index contributed by atoms with van der Waals surface area (Å²) in [6, 6.07) is 6.99. The van der Waals surface area contributed by atoms with Crippen molar-refractivity contribution in [3.63, 3.8) is 0 Å². The van der Waals surface area contributed by atoms with E-state index in [1.807, 2.05) is 27.7 Å². The molecule has 0 aliphatic rings. The van der Waals surface area contributed by atoms with E-state index in [-0.39, 0.29) is 53.2 Å². The van der Waals surface area contributed by atoms with Gasteiger partial charge in [0.1, 0.15) is 17.2 Å². The second-order valence-electron chi connectivity index (χ2n) is 7.73. The molecule has 0 aliphatic carbocycles. The number of nitrogens with one attached hydrogen (secondary N) is 1. The SMILES string of the molecule is C.CC.CC.COC(=O)c1cc(/C(C)=N/O)c(O)c(-c2cccc(CNC(=O)OC(C)(C)C)c2F)c1. The number of phenols is 1. The lowest BCUT2D eigenvalue weighted by Crippen LogP contribution is -2.32. The zero-order valence-corrected chi connectivity index (χ0v) is 21.9. The third kappa shape index (κ3) is 9.56. The summed E-state index contributed by atoms with van der Waals surface area (Å²) in [6.07, 6.45) is -0.704. The standard InChI is InChI=1S/C22H25FN2O6.2C2H6.CH4/c1-12(25-29)16-9-14(20(27)30-5)10-17(19(16)26)15-8-6-7-13(18(15)23)11-24-21(28)31-22(2,3)4;2*1-2;/h6-10,26,29H,11H2,1-5H3,(H,24,28);2*1-2H3;1H4/b25-12+;;;. The number of nitrogens with zero attached hydrogens (tertiary/aromatic N) is 1. The molecule has 2 rings (SSSR count). The van der Waals surface area contributed by atoms with Gasteiger partial charge in [-0.15, -0.1) is 0 Å². The predicted octanol–water partition coefficient (Wildman–Crippen LogP) is 6.90. The van der Waals surface area contributed by atoms with Gasteiger partial charge >= 0.3 is 12.1 Å². The molecule has 36 heavy (non-hydrogen) atoms. The Morgan fingerprint density at radius 2 is 1.67 bits per heavy atom. The fraction of sp³-hybridized carbons (Fsp3) is 0.444. The average Bonchev–Trinajstić information content (AvgIpc) is 2.84. The van der Waals surface area contributed by atoms with Gasteiger partial charge in [-0.25, -0.2) is 14.0 Å². The van der Waals surface area contributed by atoms with Crippen molar-refractivity contribution in [2.45, 2.75) is 75.0 Å². The Hall–Kier alpha value is -3.62. The van der Waals surface area contributed by atoms with Crippen LogP contribution >= 0.6 is 0 Å². The number of phenolic OH excluding ortho intramolecular Hbond substituents is 1. The molecule has 8 nitrogen and oxygen atoms in total. The number of esters is 1. The van der Waals surface area contributed by atoms with Crippen LogP contribution in [-0.2, 0) is 16.0 Å². The lowest BCUT2D eigenvalue weighted by Gasteiger charge is -2.20. The molecule has 0 radical (unpaired) electrons. The molecule has 0 atom stereocenters. The van der Waals surface area contributed by atoms with Crippen LogP contribution in [0.4, 0.5) is 9.18 Å². The summed E-state index contributed by atoms with van der Waals surface area (Å²) in [4.78, 5) is 23.9. The van der Waals surface area contributed by atoms with E-state index >= 15 is 4.39 Å². The van der Waals surface area contributed by atoms with Crippen LogP contribution in [0.5, 0.6) is 5.75 Å². The minimum atomic E-state index is -0.712. The maximum absolute atomic E-state index is 15.3. The lowest BCUT2D eigenvalue weighted by atomic mass is 9.94. The molecule has 202 valence electrons. The minimum Gasteiger partial charge on any atom is -0.507 e. The van der Waals surface area contributed by atoms with Gasteiger partial charge < -0.3 is 25.1 Å². The molecule has 2 aromatic rings. The number of hydrogen-bond donors (Lipinski definition) is 3. The highest BCUT2D eigenvalue weighted by Gasteiger charge is 2.21. The van der Waals surface area contributed by atoms with Crippen molar-refractivity contribution >= 4 is 17.8 Å². The van der Waals surface area contributed by atoms with Crippen molar-refractivity contribution < 1.29 is 33.8 Å². The number of hydrogen-bond acceptors (Lipinski definition) is 7. The Morgan fingerprint density at radius 3 is 2.17 bits per heavy atom. The topological polar surface area (TPSA) is 117 Å². The van der Waals surface area contributed by atoms with Gasteiger partial charge in [0.2, 0.25) is 0 Å². The van der Waals surface area contributed by atoms with Crippen LogP contribution < -0.4 is 5.32 Å². The zero-order chi connectivity index (χ0) is 27.3. The number of rotatable bonds is 5. The molecule has 3 N–H and O–H groups in total. The van der Waals surface area contributed by atoms with Crippen molar-refractivity contribution in [3.05, 3.63) is 52.8 Å². The summed E-state index contributed by atoms with van der Waals surface area (Å²) in [5.74, 6) is -1.80. The number of carbonyl (C=O) groups is 2. The van der Waals surface area contributed by atoms with E-state index in [0.717, 1.165) is 0 Å². The molecule has 1 amide bonds. The summed E-state index contributed by atoms with van der Waals surface area (Å²) in [5, 5.41) is 25.3. The number of carbonyl (C=O) groups excluding carboxylic acids is 2. The van der Waals surface area contributed by atoms with Gasteiger partial charge in [-0.3, -0.25) is 0 Å². The maximum atomic E-state index is 15.3. The fourth-order valence-corrected chi connectivity index (χ4v) is 2.81. The highest BCUT2D eigenvalue weighted by atomic mass is 19.1. The van der Waals surface area contributed by atoms with Crippen LogP contribution in [0.3, 0.4) is 0 Å². The first-order chi connectivity index (χ1) is 16.5. The third-order valence-corrected chi connectivity index (χ3v) is 4.26. The first kappa shape index (κ1) is 34.5. The van der Waals surface area contributed by atoms with E-state index in [9.17, 15) is 14.7 Å². The summed E-state index contributed by atoms with van der Waals surface area (Å²) in [5.41, 5.74) is -0.487. The number of benzene rings is 2. The molecular weight excluding hydrogens is 467 g/mol. The fourth-order valence-electron chi connectivity index (χ4n) is 2.81. The molecule has 0 spiro atoms. The molecule has 9 heteroatoms. The van der Waals surface area contributed by atoms with E-state index in [1.54, 1.807) is 26.8 Å². The maximum Gasteiger partial charge on any atom is 0.407 e. The molecule has 0 unspecified atom stereocenters. The van der Waals surface area contributed by atoms with Crippen LogP contribution in [-0.4, -0.2) is 40.8 Å². The molecular formula is C27H41FN2O6. The van der Waals surface area contributed by atoms with Gasteiger partial charge in [0.25, 0.3) is 0 Å². The van der Waals surface area contributed by atoms with E-state index in [1.165, 1.54) is 38.3 Å². The normalized spacial score (nSPS) is 10.4. The zero-order valence-electron chi connectivity index (χ0n) is 21.9. The van der Waals surface area contributed by atoms with Crippen LogP contribution in [0, 0.1) is 5.82 Å². The smallest absolute Gasteiger partial charge is 0.407 e. The summed E-state index contributed by atoms with van der Waals surface area (Å²) >= 11 is 0. The van der Waals surface area contributed by atoms with Crippen molar-refractivity contribution in [1.82, 2.24) is 5.32 Å². The van der Waals surface area contributed by atoms with Crippen LogP contribution in [0.15, 0.2) is 35.5 Å². The van der Waals surface area contributed by atoms with Gasteiger partial charge in [-0.2, -0.15) is 0 Å². The lowest BCUT2D eigenvalue weighted by molar-refractivity contribution is 0.0522. The van der Waals surface area contributed by atoms with Crippen molar-refractivity contribution in [2.75, 3.05) is 7.11 Å². The number of aromatic hydroxyl groups is 1. The van der Waals surface area contributed by atoms with Gasteiger partial charge in [-0.05, 0) is 39.8 Å². The number of methoxy groups -OCH3 is 1. The van der Waals surface area contributed by atoms with Crippen LogP contribution in [0.1, 0.15) is 84.3 Å². The first-order valence-corrected chi connectivity index (χ1v) is 11.4. The summed E-state index contributed by atoms with van der Waals surface area (Å²) in [7, 11) is 1.19. The van der Waals surface area contributed by atoms with E-state index in [2.05, 4.69) is 10.5 Å². The van der Waals surface area contributed by atoms with Gasteiger partial charge in [0, 0.05) is 28.8 Å². The van der Waals surface area contributed by atoms with Crippen LogP contribution in [0.2, 0.25) is 0 Å². The van der Waals surface area contributed by atoms with E-state index in [4.69, 9.17) is 14.7 Å². The van der Waals surface area contributed by atoms with Crippen molar-refractivity contribution in [1.29, 1.82) is 0 Å². The number of ether oxygens (including phenoxy) is 2. The second-order valence-corrected chi connectivity index (χ2v) is 7.73. The van der Waals surface area contributed by atoms with Gasteiger partial charge in [0.05, 0.1) is 18.4 Å². The summed E-state index contributed by atoms with van der Waals surface area (Å²) < 4.78 is 25.1. The second kappa shape index (κ2) is 16.1. The number of halogens is 1. The molecule has 0 aliphatic heterocycles. The molecule has 0 aromatic heterocycles. The minimum absolute atomic E-state index is 0. The highest BCUT2D eigenvalue weighted by Crippen LogP contribution is 2.36. The molecule has 0 bridgehead atoms. The van der Waals surface area contributed by atoms with E-state index < -0.39 is 23.5 Å². The first-order valence-electron chi connectivity index (χ1n) is 11.4. The Morgan fingerprint density at radius 1 is 1.08 bits per heavy atom. The predicted molar refractivity (Wildman–Crippen MR) is 141 cm³/mol. The number of oxime groups is 1. The highest BCUT2D eigenvalue weighted by molar-refractivity contribution is 6.05.